The number of carboxylic acids is 1. The first-order valence-electron chi connectivity index (χ1n) is 5.33. The van der Waals surface area contributed by atoms with Gasteiger partial charge in [0.15, 0.2) is 0 Å². The van der Waals surface area contributed by atoms with E-state index in [9.17, 15) is 22.8 Å². The highest BCUT2D eigenvalue weighted by atomic mass is 32.1. The van der Waals surface area contributed by atoms with E-state index in [2.05, 4.69) is 0 Å². The lowest BCUT2D eigenvalue weighted by Crippen LogP contribution is -2.09. The maximum atomic E-state index is 12.6. The van der Waals surface area contributed by atoms with Crippen molar-refractivity contribution in [2.45, 2.75) is 6.18 Å². The number of hydrogen-bond acceptors (Lipinski definition) is 3. The number of ketones is 1. The third-order valence-electron chi connectivity index (χ3n) is 2.55. The molecule has 0 saturated heterocycles. The standard InChI is InChI=1S/C13H7F3O3S/c14-13(15,16)8-3-1-2-7(6-8)10(17)11-9(12(18)19)4-5-20-11/h1-6H,(H,18,19). The van der Waals surface area contributed by atoms with E-state index < -0.39 is 23.5 Å². The Hall–Kier alpha value is -2.15. The van der Waals surface area contributed by atoms with Crippen molar-refractivity contribution in [2.75, 3.05) is 0 Å². The molecule has 0 amide bonds. The Balaban J connectivity index is 2.44. The van der Waals surface area contributed by atoms with Crippen molar-refractivity contribution in [2.24, 2.45) is 0 Å². The molecule has 0 aliphatic carbocycles. The van der Waals surface area contributed by atoms with E-state index in [4.69, 9.17) is 5.11 Å². The normalized spacial score (nSPS) is 11.3. The van der Waals surface area contributed by atoms with Crippen LogP contribution in [0.15, 0.2) is 35.7 Å². The number of benzene rings is 1. The van der Waals surface area contributed by atoms with Gasteiger partial charge < -0.3 is 5.11 Å². The number of rotatable bonds is 3. The molecule has 0 saturated carbocycles. The molecule has 0 unspecified atom stereocenters. The van der Waals surface area contributed by atoms with E-state index in [1.165, 1.54) is 17.5 Å². The van der Waals surface area contributed by atoms with Crippen LogP contribution < -0.4 is 0 Å². The summed E-state index contributed by atoms with van der Waals surface area (Å²) in [6.07, 6.45) is -4.55. The number of carbonyl (C=O) groups is 2. The summed E-state index contributed by atoms with van der Waals surface area (Å²) in [5, 5.41) is 10.3. The van der Waals surface area contributed by atoms with Gasteiger partial charge in [-0.1, -0.05) is 12.1 Å². The number of carbonyl (C=O) groups excluding carboxylic acids is 1. The molecule has 0 bridgehead atoms. The second kappa shape index (κ2) is 5.09. The Labute approximate surface area is 115 Å². The highest BCUT2D eigenvalue weighted by Gasteiger charge is 2.31. The molecule has 104 valence electrons. The molecule has 0 aliphatic heterocycles. The van der Waals surface area contributed by atoms with Crippen LogP contribution in [0.1, 0.15) is 31.2 Å². The predicted octanol–water partition coefficient (Wildman–Crippen LogP) is 3.70. The molecule has 3 nitrogen and oxygen atoms in total. The Morgan fingerprint density at radius 1 is 1.15 bits per heavy atom. The fourth-order valence-corrected chi connectivity index (χ4v) is 2.47. The molecule has 0 spiro atoms. The predicted molar refractivity (Wildman–Crippen MR) is 66.2 cm³/mol. The number of alkyl halides is 3. The quantitative estimate of drug-likeness (QED) is 0.879. The number of hydrogen-bond donors (Lipinski definition) is 1. The summed E-state index contributed by atoms with van der Waals surface area (Å²) in [6, 6.07) is 5.15. The van der Waals surface area contributed by atoms with Gasteiger partial charge in [-0.25, -0.2) is 4.79 Å². The van der Waals surface area contributed by atoms with E-state index in [0.29, 0.717) is 6.07 Å². The van der Waals surface area contributed by atoms with Gasteiger partial charge in [0.1, 0.15) is 0 Å². The van der Waals surface area contributed by atoms with Crippen LogP contribution >= 0.6 is 11.3 Å². The largest absolute Gasteiger partial charge is 0.478 e. The van der Waals surface area contributed by atoms with Crippen molar-refractivity contribution >= 4 is 23.1 Å². The van der Waals surface area contributed by atoms with Crippen LogP contribution in [0.25, 0.3) is 0 Å². The molecule has 7 heteroatoms. The highest BCUT2D eigenvalue weighted by molar-refractivity contribution is 7.12. The minimum absolute atomic E-state index is 0.0863. The van der Waals surface area contributed by atoms with Gasteiger partial charge in [0, 0.05) is 5.56 Å². The topological polar surface area (TPSA) is 54.4 Å². The summed E-state index contributed by atoms with van der Waals surface area (Å²) in [5.41, 5.74) is -1.35. The third-order valence-corrected chi connectivity index (χ3v) is 3.47. The van der Waals surface area contributed by atoms with E-state index in [1.807, 2.05) is 0 Å². The summed E-state index contributed by atoms with van der Waals surface area (Å²) in [4.78, 5) is 22.9. The van der Waals surface area contributed by atoms with Crippen LogP contribution in [0.5, 0.6) is 0 Å². The molecule has 0 atom stereocenters. The molecular weight excluding hydrogens is 293 g/mol. The first kappa shape index (κ1) is 14.3. The van der Waals surface area contributed by atoms with Crippen LogP contribution in [0, 0.1) is 0 Å². The van der Waals surface area contributed by atoms with Crippen LogP contribution in [0.2, 0.25) is 0 Å². The van der Waals surface area contributed by atoms with Crippen LogP contribution in [0.4, 0.5) is 13.2 Å². The van der Waals surface area contributed by atoms with Gasteiger partial charge in [0.2, 0.25) is 5.78 Å². The molecule has 1 aromatic carbocycles. The van der Waals surface area contributed by atoms with E-state index >= 15 is 0 Å². The van der Waals surface area contributed by atoms with Crippen molar-refractivity contribution in [3.63, 3.8) is 0 Å². The average Bonchev–Trinajstić information content (AvgIpc) is 2.86. The summed E-state index contributed by atoms with van der Waals surface area (Å²) in [6.45, 7) is 0. The number of thiophene rings is 1. The van der Waals surface area contributed by atoms with Gasteiger partial charge >= 0.3 is 12.1 Å². The first-order valence-corrected chi connectivity index (χ1v) is 6.21. The maximum Gasteiger partial charge on any atom is 0.416 e. The van der Waals surface area contributed by atoms with Gasteiger partial charge in [0.05, 0.1) is 16.0 Å². The van der Waals surface area contributed by atoms with Gasteiger partial charge in [0.25, 0.3) is 0 Å². The Morgan fingerprint density at radius 2 is 1.85 bits per heavy atom. The minimum atomic E-state index is -4.55. The number of carboxylic acid groups (broad SMARTS) is 1. The highest BCUT2D eigenvalue weighted by Crippen LogP contribution is 2.30. The molecule has 20 heavy (non-hydrogen) atoms. The summed E-state index contributed by atoms with van der Waals surface area (Å²) >= 11 is 0.883. The van der Waals surface area contributed by atoms with Crippen molar-refractivity contribution < 1.29 is 27.9 Å². The molecule has 1 heterocycles. The van der Waals surface area contributed by atoms with Crippen LogP contribution in [-0.4, -0.2) is 16.9 Å². The molecule has 1 N–H and O–H groups in total. The van der Waals surface area contributed by atoms with Gasteiger partial charge in [-0.15, -0.1) is 11.3 Å². The van der Waals surface area contributed by atoms with Gasteiger partial charge in [-0.3, -0.25) is 4.79 Å². The SMILES string of the molecule is O=C(O)c1ccsc1C(=O)c1cccc(C(F)(F)F)c1. The number of aromatic carboxylic acids is 1. The second-order valence-corrected chi connectivity index (χ2v) is 4.79. The van der Waals surface area contributed by atoms with Crippen molar-refractivity contribution in [1.29, 1.82) is 0 Å². The first-order chi connectivity index (χ1) is 9.30. The lowest BCUT2D eigenvalue weighted by molar-refractivity contribution is -0.137. The lowest BCUT2D eigenvalue weighted by atomic mass is 10.0. The second-order valence-electron chi connectivity index (χ2n) is 3.88. The summed E-state index contributed by atoms with van der Waals surface area (Å²) in [7, 11) is 0. The zero-order valence-electron chi connectivity index (χ0n) is 9.77. The zero-order valence-corrected chi connectivity index (χ0v) is 10.6. The van der Waals surface area contributed by atoms with Crippen molar-refractivity contribution in [3.05, 3.63) is 57.3 Å². The average molecular weight is 300 g/mol. The minimum Gasteiger partial charge on any atom is -0.478 e. The summed E-state index contributed by atoms with van der Waals surface area (Å²) in [5.74, 6) is -2.02. The van der Waals surface area contributed by atoms with E-state index in [0.717, 1.165) is 23.5 Å². The molecule has 0 fully saturated rings. The molecular formula is C13H7F3O3S. The van der Waals surface area contributed by atoms with E-state index in [-0.39, 0.29) is 16.0 Å². The van der Waals surface area contributed by atoms with Crippen molar-refractivity contribution in [3.8, 4) is 0 Å². The molecule has 2 rings (SSSR count). The Morgan fingerprint density at radius 3 is 2.45 bits per heavy atom. The fourth-order valence-electron chi connectivity index (χ4n) is 1.62. The Bertz CT molecular complexity index is 673. The van der Waals surface area contributed by atoms with Gasteiger partial charge in [-0.05, 0) is 23.6 Å². The Kier molecular flexibility index (Phi) is 3.63. The molecule has 0 radical (unpaired) electrons. The monoisotopic (exact) mass is 300 g/mol. The zero-order chi connectivity index (χ0) is 14.9. The van der Waals surface area contributed by atoms with Crippen molar-refractivity contribution in [1.82, 2.24) is 0 Å². The number of halogens is 3. The van der Waals surface area contributed by atoms with E-state index in [1.54, 1.807) is 0 Å². The van der Waals surface area contributed by atoms with Crippen LogP contribution in [0.3, 0.4) is 0 Å². The van der Waals surface area contributed by atoms with Crippen LogP contribution in [-0.2, 0) is 6.18 Å². The fraction of sp³-hybridized carbons (Fsp3) is 0.0769. The summed E-state index contributed by atoms with van der Waals surface area (Å²) < 4.78 is 37.7. The smallest absolute Gasteiger partial charge is 0.416 e. The molecule has 0 aliphatic rings. The molecule has 2 aromatic rings. The third kappa shape index (κ3) is 2.72. The maximum absolute atomic E-state index is 12.6. The lowest BCUT2D eigenvalue weighted by Gasteiger charge is -2.08. The molecule has 1 aromatic heterocycles. The van der Waals surface area contributed by atoms with Gasteiger partial charge in [-0.2, -0.15) is 13.2 Å².